The molecule has 184 valence electrons. The monoisotopic (exact) mass is 483 g/mol. The summed E-state index contributed by atoms with van der Waals surface area (Å²) < 4.78 is 19.2. The van der Waals surface area contributed by atoms with Crippen LogP contribution in [0.4, 0.5) is 4.39 Å². The predicted molar refractivity (Wildman–Crippen MR) is 138 cm³/mol. The Morgan fingerprint density at radius 3 is 2.28 bits per heavy atom. The molecule has 0 spiro atoms. The number of hydrogen-bond donors (Lipinski definition) is 1. The number of aryl methyl sites for hydroxylation is 2. The van der Waals surface area contributed by atoms with Crippen molar-refractivity contribution in [3.8, 4) is 22.5 Å². The van der Waals surface area contributed by atoms with Gasteiger partial charge in [-0.3, -0.25) is 4.79 Å². The van der Waals surface area contributed by atoms with Crippen molar-refractivity contribution < 1.29 is 18.8 Å². The van der Waals surface area contributed by atoms with Crippen LogP contribution in [-0.2, 0) is 23.1 Å². The Morgan fingerprint density at radius 2 is 1.67 bits per heavy atom. The molecule has 1 saturated carbocycles. The molecule has 4 nitrogen and oxygen atoms in total. The molecule has 36 heavy (non-hydrogen) atoms. The minimum absolute atomic E-state index is 0.191. The number of carboxylic acids is 1. The van der Waals surface area contributed by atoms with Crippen molar-refractivity contribution in [3.05, 3.63) is 101 Å². The minimum Gasteiger partial charge on any atom is -0.481 e. The summed E-state index contributed by atoms with van der Waals surface area (Å²) >= 11 is 0. The molecule has 0 saturated heterocycles. The molecule has 1 fully saturated rings. The molecule has 5 heteroatoms. The van der Waals surface area contributed by atoms with Gasteiger partial charge in [0.15, 0.2) is 5.76 Å². The zero-order chi connectivity index (χ0) is 25.3. The maximum absolute atomic E-state index is 13.5. The molecule has 3 aromatic carbocycles. The lowest BCUT2D eigenvalue weighted by molar-refractivity contribution is -0.140. The number of hydrogen-bond acceptors (Lipinski definition) is 3. The number of aliphatic carboxylic acids is 1. The highest BCUT2D eigenvalue weighted by atomic mass is 19.1. The van der Waals surface area contributed by atoms with Gasteiger partial charge in [-0.1, -0.05) is 72.7 Å². The van der Waals surface area contributed by atoms with Gasteiger partial charge >= 0.3 is 5.97 Å². The van der Waals surface area contributed by atoms with E-state index in [1.165, 1.54) is 6.07 Å². The fourth-order valence-corrected chi connectivity index (χ4v) is 4.96. The van der Waals surface area contributed by atoms with E-state index in [1.54, 1.807) is 12.1 Å². The van der Waals surface area contributed by atoms with E-state index in [2.05, 4.69) is 24.2 Å². The summed E-state index contributed by atoms with van der Waals surface area (Å²) in [5.41, 5.74) is 6.31. The van der Waals surface area contributed by atoms with Gasteiger partial charge in [-0.25, -0.2) is 4.39 Å². The van der Waals surface area contributed by atoms with Gasteiger partial charge in [0.2, 0.25) is 0 Å². The maximum atomic E-state index is 13.5. The van der Waals surface area contributed by atoms with Crippen LogP contribution in [0.3, 0.4) is 0 Å². The molecule has 1 N–H and O–H groups in total. The molecule has 0 amide bonds. The summed E-state index contributed by atoms with van der Waals surface area (Å²) in [6.07, 6.45) is 4.04. The highest BCUT2D eigenvalue weighted by molar-refractivity contribution is 5.85. The van der Waals surface area contributed by atoms with Crippen LogP contribution in [0, 0.1) is 18.7 Å². The first-order valence-corrected chi connectivity index (χ1v) is 12.5. The first-order chi connectivity index (χ1) is 17.4. The zero-order valence-electron chi connectivity index (χ0n) is 20.6. The second-order valence-corrected chi connectivity index (χ2v) is 10.1. The van der Waals surface area contributed by atoms with Crippen LogP contribution in [0.15, 0.2) is 77.3 Å². The van der Waals surface area contributed by atoms with Crippen molar-refractivity contribution in [1.29, 1.82) is 0 Å². The molecule has 1 heterocycles. The zero-order valence-corrected chi connectivity index (χ0v) is 20.6. The molecule has 1 aromatic heterocycles. The molecular formula is C31H30FNO3. The summed E-state index contributed by atoms with van der Waals surface area (Å²) in [6, 6.07) is 22.9. The van der Waals surface area contributed by atoms with E-state index in [0.717, 1.165) is 64.1 Å². The lowest BCUT2D eigenvalue weighted by Gasteiger charge is -2.12. The van der Waals surface area contributed by atoms with Gasteiger partial charge in [-0.15, -0.1) is 0 Å². The first-order valence-electron chi connectivity index (χ1n) is 12.5. The van der Waals surface area contributed by atoms with Gasteiger partial charge in [0.25, 0.3) is 0 Å². The van der Waals surface area contributed by atoms with Gasteiger partial charge in [-0.05, 0) is 79.3 Å². The Balaban J connectivity index is 1.28. The number of aromatic nitrogens is 1. The fraction of sp³-hybridized carbons (Fsp3) is 0.290. The van der Waals surface area contributed by atoms with E-state index in [0.29, 0.717) is 18.8 Å². The molecule has 0 radical (unpaired) electrons. The Bertz CT molecular complexity index is 1370. The Labute approximate surface area is 210 Å². The van der Waals surface area contributed by atoms with Gasteiger partial charge in [-0.2, -0.15) is 0 Å². The Kier molecular flexibility index (Phi) is 6.48. The standard InChI is InChI=1S/C31H30FNO3/c1-20(6-7-22-4-3-5-27(32)19-22)18-28-21(2)33-36-29(28)25-10-8-23(9-11-25)24-12-14-26(15-13-24)31(16-17-31)30(34)35/h3-5,8-15,19-20H,6-7,16-18H2,1-2H3,(H,34,35). The second kappa shape index (κ2) is 9.73. The molecular weight excluding hydrogens is 453 g/mol. The maximum Gasteiger partial charge on any atom is 0.314 e. The topological polar surface area (TPSA) is 63.3 Å². The van der Waals surface area contributed by atoms with Gasteiger partial charge in [0.1, 0.15) is 5.82 Å². The van der Waals surface area contributed by atoms with Crippen LogP contribution in [-0.4, -0.2) is 16.2 Å². The smallest absolute Gasteiger partial charge is 0.314 e. The summed E-state index contributed by atoms with van der Waals surface area (Å²) in [5.74, 6) is 0.262. The van der Waals surface area contributed by atoms with Crippen LogP contribution >= 0.6 is 0 Å². The summed E-state index contributed by atoms with van der Waals surface area (Å²) in [4.78, 5) is 11.6. The molecule has 0 aliphatic heterocycles. The number of nitrogens with zero attached hydrogens (tertiary/aromatic N) is 1. The first kappa shape index (κ1) is 24.0. The molecule has 5 rings (SSSR count). The lowest BCUT2D eigenvalue weighted by Crippen LogP contribution is -2.19. The van der Waals surface area contributed by atoms with Crippen LogP contribution in [0.25, 0.3) is 22.5 Å². The van der Waals surface area contributed by atoms with E-state index >= 15 is 0 Å². The van der Waals surface area contributed by atoms with Crippen LogP contribution < -0.4 is 0 Å². The summed E-state index contributed by atoms with van der Waals surface area (Å²) in [7, 11) is 0. The Morgan fingerprint density at radius 1 is 1.03 bits per heavy atom. The van der Waals surface area contributed by atoms with Crippen molar-refractivity contribution in [2.45, 2.75) is 51.4 Å². The lowest BCUT2D eigenvalue weighted by atomic mass is 9.91. The van der Waals surface area contributed by atoms with Crippen LogP contribution in [0.1, 0.15) is 48.6 Å². The molecule has 1 unspecified atom stereocenters. The van der Waals surface area contributed by atoms with Crippen molar-refractivity contribution in [2.75, 3.05) is 0 Å². The number of carbonyl (C=O) groups is 1. The predicted octanol–water partition coefficient (Wildman–Crippen LogP) is 7.38. The van der Waals surface area contributed by atoms with Crippen molar-refractivity contribution in [3.63, 3.8) is 0 Å². The van der Waals surface area contributed by atoms with Crippen molar-refractivity contribution in [2.24, 2.45) is 5.92 Å². The number of carboxylic acid groups (broad SMARTS) is 1. The van der Waals surface area contributed by atoms with E-state index < -0.39 is 11.4 Å². The highest BCUT2D eigenvalue weighted by Crippen LogP contribution is 2.48. The second-order valence-electron chi connectivity index (χ2n) is 10.1. The van der Waals surface area contributed by atoms with Gasteiger partial charge in [0, 0.05) is 11.1 Å². The number of benzene rings is 3. The third-order valence-electron chi connectivity index (χ3n) is 7.43. The molecule has 0 bridgehead atoms. The van der Waals surface area contributed by atoms with Gasteiger partial charge in [0.05, 0.1) is 11.1 Å². The number of rotatable bonds is 9. The minimum atomic E-state index is -0.735. The average Bonchev–Trinajstić information content (AvgIpc) is 3.63. The van der Waals surface area contributed by atoms with Crippen molar-refractivity contribution in [1.82, 2.24) is 5.16 Å². The SMILES string of the molecule is Cc1noc(-c2ccc(-c3ccc(C4(C(=O)O)CC4)cc3)cc2)c1CC(C)CCc1cccc(F)c1. The molecule has 1 aliphatic rings. The average molecular weight is 484 g/mol. The quantitative estimate of drug-likeness (QED) is 0.270. The fourth-order valence-electron chi connectivity index (χ4n) is 4.96. The molecule has 1 atom stereocenters. The summed E-state index contributed by atoms with van der Waals surface area (Å²) in [6.45, 7) is 4.18. The molecule has 4 aromatic rings. The van der Waals surface area contributed by atoms with E-state index in [1.807, 2.05) is 49.4 Å². The third kappa shape index (κ3) is 4.83. The third-order valence-corrected chi connectivity index (χ3v) is 7.43. The largest absolute Gasteiger partial charge is 0.481 e. The highest BCUT2D eigenvalue weighted by Gasteiger charge is 2.51. The van der Waals surface area contributed by atoms with E-state index in [-0.39, 0.29) is 5.82 Å². The van der Waals surface area contributed by atoms with Gasteiger partial charge < -0.3 is 9.63 Å². The van der Waals surface area contributed by atoms with Crippen LogP contribution in [0.2, 0.25) is 0 Å². The normalized spacial score (nSPS) is 15.0. The summed E-state index contributed by atoms with van der Waals surface area (Å²) in [5, 5.41) is 13.8. The van der Waals surface area contributed by atoms with Crippen molar-refractivity contribution >= 4 is 5.97 Å². The van der Waals surface area contributed by atoms with E-state index in [4.69, 9.17) is 4.52 Å². The van der Waals surface area contributed by atoms with E-state index in [9.17, 15) is 14.3 Å². The number of halogens is 1. The van der Waals surface area contributed by atoms with Crippen LogP contribution in [0.5, 0.6) is 0 Å². The molecule has 1 aliphatic carbocycles. The Hall–Kier alpha value is -3.73.